The third-order valence-corrected chi connectivity index (χ3v) is 4.03. The summed E-state index contributed by atoms with van der Waals surface area (Å²) in [6, 6.07) is 9.05. The topological polar surface area (TPSA) is 51.0 Å². The van der Waals surface area contributed by atoms with Crippen LogP contribution in [0.1, 0.15) is 43.6 Å². The van der Waals surface area contributed by atoms with Crippen LogP contribution in [0.5, 0.6) is 0 Å². The normalized spacial score (nSPS) is 12.6. The van der Waals surface area contributed by atoms with E-state index in [1.54, 1.807) is 18.7 Å². The van der Waals surface area contributed by atoms with E-state index in [0.29, 0.717) is 11.9 Å². The maximum Gasteiger partial charge on any atom is 0.223 e. The molecule has 0 bridgehead atoms. The van der Waals surface area contributed by atoms with E-state index < -0.39 is 0 Å². The highest BCUT2D eigenvalue weighted by molar-refractivity contribution is 7.98. The number of thioether (sulfide) groups is 1. The van der Waals surface area contributed by atoms with Crippen LogP contribution < -0.4 is 5.32 Å². The lowest BCUT2D eigenvalue weighted by molar-refractivity contribution is 0.389. The molecule has 4 nitrogen and oxygen atoms in total. The predicted octanol–water partition coefficient (Wildman–Crippen LogP) is 3.73. The van der Waals surface area contributed by atoms with Gasteiger partial charge in [0, 0.05) is 17.9 Å². The molecule has 0 saturated heterocycles. The van der Waals surface area contributed by atoms with Crippen molar-refractivity contribution in [2.24, 2.45) is 0 Å². The van der Waals surface area contributed by atoms with Gasteiger partial charge in [0.1, 0.15) is 0 Å². The number of benzene rings is 1. The molecule has 1 aromatic heterocycles. The van der Waals surface area contributed by atoms with E-state index in [1.165, 1.54) is 10.5 Å². The minimum absolute atomic E-state index is 0.397. The highest BCUT2D eigenvalue weighted by atomic mass is 32.2. The molecule has 2 rings (SSSR count). The van der Waals surface area contributed by atoms with Crippen LogP contribution in [0.4, 0.5) is 0 Å². The summed E-state index contributed by atoms with van der Waals surface area (Å²) >= 11 is 1.72. The molecule has 1 aromatic carbocycles. The highest BCUT2D eigenvalue weighted by Crippen LogP contribution is 2.23. The van der Waals surface area contributed by atoms with Crippen LogP contribution in [0.25, 0.3) is 0 Å². The van der Waals surface area contributed by atoms with Crippen molar-refractivity contribution in [3.63, 3.8) is 0 Å². The fourth-order valence-electron chi connectivity index (χ4n) is 1.88. The Morgan fingerprint density at radius 2 is 2.05 bits per heavy atom. The van der Waals surface area contributed by atoms with Gasteiger partial charge in [0.25, 0.3) is 0 Å². The SMILES string of the molecule is CCCNC(C)c1ccc(SCc2noc(C)n2)cc1. The molecule has 108 valence electrons. The van der Waals surface area contributed by atoms with Gasteiger partial charge in [-0.05, 0) is 37.6 Å². The number of hydrogen-bond donors (Lipinski definition) is 1. The molecule has 5 heteroatoms. The largest absolute Gasteiger partial charge is 0.340 e. The molecule has 1 atom stereocenters. The Balaban J connectivity index is 1.87. The molecule has 0 radical (unpaired) electrons. The maximum atomic E-state index is 4.96. The maximum absolute atomic E-state index is 4.96. The molecule has 0 saturated carbocycles. The smallest absolute Gasteiger partial charge is 0.223 e. The van der Waals surface area contributed by atoms with Gasteiger partial charge in [-0.15, -0.1) is 11.8 Å². The first-order chi connectivity index (χ1) is 9.69. The number of aryl methyl sites for hydroxylation is 1. The van der Waals surface area contributed by atoms with Crippen molar-refractivity contribution in [2.75, 3.05) is 6.54 Å². The zero-order valence-electron chi connectivity index (χ0n) is 12.2. The standard InChI is InChI=1S/C15H21N3OS/c1-4-9-16-11(2)13-5-7-14(8-6-13)20-10-15-17-12(3)19-18-15/h5-8,11,16H,4,9-10H2,1-3H3. The number of nitrogens with zero attached hydrogens (tertiary/aromatic N) is 2. The molecular weight excluding hydrogens is 270 g/mol. The van der Waals surface area contributed by atoms with Gasteiger partial charge >= 0.3 is 0 Å². The van der Waals surface area contributed by atoms with E-state index in [4.69, 9.17) is 4.52 Å². The second kappa shape index (κ2) is 7.45. The van der Waals surface area contributed by atoms with Crippen molar-refractivity contribution < 1.29 is 4.52 Å². The van der Waals surface area contributed by atoms with Crippen LogP contribution in [0.15, 0.2) is 33.7 Å². The Morgan fingerprint density at radius 1 is 1.30 bits per heavy atom. The summed E-state index contributed by atoms with van der Waals surface area (Å²) in [5.41, 5.74) is 1.32. The lowest BCUT2D eigenvalue weighted by Crippen LogP contribution is -2.19. The van der Waals surface area contributed by atoms with Crippen molar-refractivity contribution in [3.8, 4) is 0 Å². The zero-order chi connectivity index (χ0) is 14.4. The van der Waals surface area contributed by atoms with Gasteiger partial charge in [-0.2, -0.15) is 4.98 Å². The first kappa shape index (κ1) is 15.1. The summed E-state index contributed by atoms with van der Waals surface area (Å²) in [5.74, 6) is 2.10. The molecule has 0 spiro atoms. The molecule has 0 aliphatic heterocycles. The first-order valence-corrected chi connectivity index (χ1v) is 7.93. The van der Waals surface area contributed by atoms with E-state index in [2.05, 4.69) is 53.6 Å². The number of hydrogen-bond acceptors (Lipinski definition) is 5. The molecule has 2 aromatic rings. The summed E-state index contributed by atoms with van der Waals surface area (Å²) in [5, 5.41) is 7.38. The molecule has 0 amide bonds. The molecule has 0 aliphatic rings. The fourth-order valence-corrected chi connectivity index (χ4v) is 2.62. The van der Waals surface area contributed by atoms with Gasteiger partial charge in [0.05, 0.1) is 5.75 Å². The fraction of sp³-hybridized carbons (Fsp3) is 0.467. The van der Waals surface area contributed by atoms with Crippen LogP contribution in [-0.4, -0.2) is 16.7 Å². The summed E-state index contributed by atoms with van der Waals surface area (Å²) in [6.07, 6.45) is 1.16. The van der Waals surface area contributed by atoms with Gasteiger partial charge in [0.2, 0.25) is 5.89 Å². The molecule has 1 N–H and O–H groups in total. The molecular formula is C15H21N3OS. The van der Waals surface area contributed by atoms with E-state index in [1.807, 2.05) is 0 Å². The molecule has 1 heterocycles. The van der Waals surface area contributed by atoms with Crippen molar-refractivity contribution in [1.29, 1.82) is 0 Å². The quantitative estimate of drug-likeness (QED) is 0.788. The highest BCUT2D eigenvalue weighted by Gasteiger charge is 2.06. The summed E-state index contributed by atoms with van der Waals surface area (Å²) < 4.78 is 4.96. The van der Waals surface area contributed by atoms with Gasteiger partial charge in [-0.25, -0.2) is 0 Å². The Bertz CT molecular complexity index is 524. The van der Waals surface area contributed by atoms with E-state index in [0.717, 1.165) is 24.5 Å². The third-order valence-electron chi connectivity index (χ3n) is 3.02. The van der Waals surface area contributed by atoms with Crippen LogP contribution in [-0.2, 0) is 5.75 Å². The van der Waals surface area contributed by atoms with E-state index in [-0.39, 0.29) is 0 Å². The van der Waals surface area contributed by atoms with Gasteiger partial charge in [0.15, 0.2) is 5.82 Å². The van der Waals surface area contributed by atoms with Crippen molar-refractivity contribution >= 4 is 11.8 Å². The predicted molar refractivity (Wildman–Crippen MR) is 81.7 cm³/mol. The Labute approximate surface area is 124 Å². The van der Waals surface area contributed by atoms with Gasteiger partial charge in [-0.1, -0.05) is 24.2 Å². The monoisotopic (exact) mass is 291 g/mol. The average molecular weight is 291 g/mol. The first-order valence-electron chi connectivity index (χ1n) is 6.94. The Kier molecular flexibility index (Phi) is 5.61. The van der Waals surface area contributed by atoms with Crippen molar-refractivity contribution in [1.82, 2.24) is 15.5 Å². The number of aromatic nitrogens is 2. The van der Waals surface area contributed by atoms with E-state index >= 15 is 0 Å². The van der Waals surface area contributed by atoms with Gasteiger partial charge in [-0.3, -0.25) is 0 Å². The minimum atomic E-state index is 0.397. The summed E-state index contributed by atoms with van der Waals surface area (Å²) in [7, 11) is 0. The lowest BCUT2D eigenvalue weighted by atomic mass is 10.1. The second-order valence-electron chi connectivity index (χ2n) is 4.76. The van der Waals surface area contributed by atoms with Crippen LogP contribution in [0.3, 0.4) is 0 Å². The molecule has 0 fully saturated rings. The second-order valence-corrected chi connectivity index (χ2v) is 5.81. The Hall–Kier alpha value is -1.33. The minimum Gasteiger partial charge on any atom is -0.340 e. The zero-order valence-corrected chi connectivity index (χ0v) is 13.0. The van der Waals surface area contributed by atoms with Crippen LogP contribution in [0.2, 0.25) is 0 Å². The van der Waals surface area contributed by atoms with Crippen molar-refractivity contribution in [3.05, 3.63) is 41.5 Å². The summed E-state index contributed by atoms with van der Waals surface area (Å²) in [6.45, 7) is 7.23. The van der Waals surface area contributed by atoms with Crippen LogP contribution in [0, 0.1) is 6.92 Å². The Morgan fingerprint density at radius 3 is 2.65 bits per heavy atom. The van der Waals surface area contributed by atoms with Gasteiger partial charge < -0.3 is 9.84 Å². The average Bonchev–Trinajstić information content (AvgIpc) is 2.89. The summed E-state index contributed by atoms with van der Waals surface area (Å²) in [4.78, 5) is 5.42. The van der Waals surface area contributed by atoms with Crippen LogP contribution >= 0.6 is 11.8 Å². The van der Waals surface area contributed by atoms with E-state index in [9.17, 15) is 0 Å². The number of nitrogens with one attached hydrogen (secondary N) is 1. The molecule has 20 heavy (non-hydrogen) atoms. The molecule has 0 aliphatic carbocycles. The van der Waals surface area contributed by atoms with Crippen molar-refractivity contribution in [2.45, 2.75) is 43.9 Å². The lowest BCUT2D eigenvalue weighted by Gasteiger charge is -2.13. The number of rotatable bonds is 7. The molecule has 1 unspecified atom stereocenters. The third kappa shape index (κ3) is 4.35.